The van der Waals surface area contributed by atoms with Crippen molar-refractivity contribution in [3.8, 4) is 17.2 Å². The zero-order chi connectivity index (χ0) is 21.5. The van der Waals surface area contributed by atoms with Crippen molar-refractivity contribution >= 4 is 10.1 Å². The normalized spacial score (nSPS) is 11.0. The number of aliphatic hydroxyl groups excluding tert-OH is 1. The molecule has 0 amide bonds. The Balaban J connectivity index is 0.00000184. The third-order valence-corrected chi connectivity index (χ3v) is 4.47. The Kier molecular flexibility index (Phi) is 10.7. The average Bonchev–Trinajstić information content (AvgIpc) is 2.61. The summed E-state index contributed by atoms with van der Waals surface area (Å²) in [4.78, 5) is 0. The van der Waals surface area contributed by atoms with Gasteiger partial charge in [-0.15, -0.1) is 0 Å². The van der Waals surface area contributed by atoms with E-state index < -0.39 is 27.1 Å². The van der Waals surface area contributed by atoms with Gasteiger partial charge in [0.05, 0.1) is 0 Å². The van der Waals surface area contributed by atoms with Gasteiger partial charge in [-0.2, -0.15) is 21.6 Å². The first kappa shape index (κ1) is 27.2. The maximum atomic E-state index is 12.5. The molecular weight excluding hydrogens is 585 g/mol. The maximum Gasteiger partial charge on any atom is 0.534 e. The molecular formula is C18H21F3O6SW. The fourth-order valence-corrected chi connectivity index (χ4v) is 2.42. The topological polar surface area (TPSA) is 93.1 Å². The Labute approximate surface area is 181 Å². The average molecular weight is 606 g/mol. The predicted molar refractivity (Wildman–Crippen MR) is 96.7 cm³/mol. The Morgan fingerprint density at radius 1 is 1.03 bits per heavy atom. The molecule has 0 saturated heterocycles. The van der Waals surface area contributed by atoms with Crippen LogP contribution in [0.2, 0.25) is 0 Å². The fourth-order valence-electron chi connectivity index (χ4n) is 1.96. The van der Waals surface area contributed by atoms with Crippen LogP contribution >= 0.6 is 0 Å². The number of phenolic OH excluding ortho intramolecular Hbond substituents is 1. The summed E-state index contributed by atoms with van der Waals surface area (Å²) in [6.07, 6.45) is 0. The summed E-state index contributed by atoms with van der Waals surface area (Å²) in [6.45, 7) is 5.03. The van der Waals surface area contributed by atoms with Crippen LogP contribution in [0.25, 0.3) is 0 Å². The van der Waals surface area contributed by atoms with Gasteiger partial charge in [0.25, 0.3) is 0 Å². The van der Waals surface area contributed by atoms with E-state index in [-0.39, 0.29) is 45.6 Å². The number of halogens is 3. The van der Waals surface area contributed by atoms with Crippen LogP contribution in [-0.4, -0.2) is 30.7 Å². The molecule has 0 saturated carbocycles. The fraction of sp³-hybridized carbons (Fsp3) is 0.333. The third kappa shape index (κ3) is 7.53. The number of hydrogen-bond donors (Lipinski definition) is 2. The van der Waals surface area contributed by atoms with Gasteiger partial charge in [0, 0.05) is 39.3 Å². The van der Waals surface area contributed by atoms with Crippen molar-refractivity contribution in [3.05, 3.63) is 53.1 Å². The van der Waals surface area contributed by atoms with E-state index in [2.05, 4.69) is 4.18 Å². The molecule has 0 aliphatic rings. The summed E-state index contributed by atoms with van der Waals surface area (Å²) in [6, 6.07) is 9.88. The maximum absolute atomic E-state index is 12.5. The van der Waals surface area contributed by atoms with Crippen molar-refractivity contribution in [1.82, 2.24) is 0 Å². The molecule has 2 aromatic carbocycles. The summed E-state index contributed by atoms with van der Waals surface area (Å²) in [7, 11) is -5.90. The van der Waals surface area contributed by atoms with Gasteiger partial charge in [-0.1, -0.05) is 30.3 Å². The number of phenols is 1. The first-order valence-corrected chi connectivity index (χ1v) is 9.46. The van der Waals surface area contributed by atoms with Gasteiger partial charge in [-0.25, -0.2) is 0 Å². The Bertz CT molecular complexity index is 887. The Hall–Kier alpha value is -1.77. The summed E-state index contributed by atoms with van der Waals surface area (Å²) in [5, 5.41) is 17.5. The monoisotopic (exact) mass is 606 g/mol. The minimum absolute atomic E-state index is 0. The zero-order valence-corrected chi connectivity index (χ0v) is 19.6. The first-order valence-electron chi connectivity index (χ1n) is 8.06. The van der Waals surface area contributed by atoms with E-state index in [0.29, 0.717) is 5.56 Å². The second-order valence-electron chi connectivity index (χ2n) is 5.55. The Morgan fingerprint density at radius 3 is 2.03 bits per heavy atom. The number of ether oxygens (including phenoxy) is 1. The number of benzene rings is 2. The Morgan fingerprint density at radius 2 is 1.55 bits per heavy atom. The second kappa shape index (κ2) is 11.4. The molecule has 11 heteroatoms. The van der Waals surface area contributed by atoms with Crippen molar-refractivity contribution in [2.75, 3.05) is 6.61 Å². The van der Waals surface area contributed by atoms with Crippen molar-refractivity contribution < 1.29 is 61.8 Å². The van der Waals surface area contributed by atoms with Crippen LogP contribution in [0, 0.1) is 13.8 Å². The number of rotatable bonds is 5. The molecule has 0 atom stereocenters. The van der Waals surface area contributed by atoms with Gasteiger partial charge in [0.1, 0.15) is 12.4 Å². The molecule has 29 heavy (non-hydrogen) atoms. The standard InChI is InChI=1S/C16H15F3O5S.C2H6O.W/c1-10-11(2)15(20)14(24-25(21,22)16(17,18)19)8-13(10)23-9-12-6-4-3-5-7-12;1-2-3;/h3-8,20H,9H2,1-2H3;3H,2H2,1H3;. The van der Waals surface area contributed by atoms with Crippen LogP contribution in [0.1, 0.15) is 23.6 Å². The van der Waals surface area contributed by atoms with Gasteiger partial charge in [-0.05, 0) is 31.9 Å². The molecule has 162 valence electrons. The number of aliphatic hydroxyl groups is 1. The zero-order valence-electron chi connectivity index (χ0n) is 15.9. The number of aromatic hydroxyl groups is 1. The molecule has 2 aromatic rings. The summed E-state index contributed by atoms with van der Waals surface area (Å²) < 4.78 is 69.3. The predicted octanol–water partition coefficient (Wildman–Crippen LogP) is 3.81. The number of hydrogen-bond acceptors (Lipinski definition) is 6. The molecule has 0 aromatic heterocycles. The van der Waals surface area contributed by atoms with Gasteiger partial charge in [0.15, 0.2) is 11.5 Å². The van der Waals surface area contributed by atoms with E-state index in [1.54, 1.807) is 38.1 Å². The van der Waals surface area contributed by atoms with E-state index in [9.17, 15) is 26.7 Å². The smallest absolute Gasteiger partial charge is 0.504 e. The molecule has 0 spiro atoms. The van der Waals surface area contributed by atoms with Gasteiger partial charge in [-0.3, -0.25) is 0 Å². The van der Waals surface area contributed by atoms with E-state index in [1.165, 1.54) is 6.92 Å². The van der Waals surface area contributed by atoms with Crippen LogP contribution < -0.4 is 8.92 Å². The minimum atomic E-state index is -5.90. The molecule has 0 fully saturated rings. The molecule has 2 rings (SSSR count). The van der Waals surface area contributed by atoms with Crippen molar-refractivity contribution in [3.63, 3.8) is 0 Å². The van der Waals surface area contributed by atoms with Crippen molar-refractivity contribution in [2.24, 2.45) is 0 Å². The molecule has 0 aliphatic heterocycles. The SMILES string of the molecule is CCO.Cc1c(OCc2ccccc2)cc(OS(=O)(=O)C(F)(F)F)c(O)c1C.[W]. The van der Waals surface area contributed by atoms with Crippen molar-refractivity contribution in [1.29, 1.82) is 0 Å². The minimum Gasteiger partial charge on any atom is -0.504 e. The molecule has 0 heterocycles. The van der Waals surface area contributed by atoms with Crippen LogP contribution in [0.4, 0.5) is 13.2 Å². The summed E-state index contributed by atoms with van der Waals surface area (Å²) in [5.74, 6) is -1.44. The van der Waals surface area contributed by atoms with Gasteiger partial charge in [0.2, 0.25) is 0 Å². The second-order valence-corrected chi connectivity index (χ2v) is 7.08. The van der Waals surface area contributed by atoms with Gasteiger partial charge < -0.3 is 19.1 Å². The first-order chi connectivity index (χ1) is 12.9. The van der Waals surface area contributed by atoms with Crippen LogP contribution in [-0.2, 0) is 37.8 Å². The van der Waals surface area contributed by atoms with E-state index in [1.807, 2.05) is 6.07 Å². The third-order valence-electron chi connectivity index (χ3n) is 3.50. The molecule has 0 unspecified atom stereocenters. The van der Waals surface area contributed by atoms with Crippen LogP contribution in [0.5, 0.6) is 17.2 Å². The van der Waals surface area contributed by atoms with E-state index >= 15 is 0 Å². The molecule has 0 aliphatic carbocycles. The van der Waals surface area contributed by atoms with Gasteiger partial charge >= 0.3 is 15.6 Å². The molecule has 6 nitrogen and oxygen atoms in total. The molecule has 0 radical (unpaired) electrons. The summed E-state index contributed by atoms with van der Waals surface area (Å²) in [5.41, 5.74) is -4.20. The molecule has 2 N–H and O–H groups in total. The largest absolute Gasteiger partial charge is 0.534 e. The van der Waals surface area contributed by atoms with Crippen LogP contribution in [0.3, 0.4) is 0 Å². The molecule has 0 bridgehead atoms. The van der Waals surface area contributed by atoms with Crippen LogP contribution in [0.15, 0.2) is 36.4 Å². The van der Waals surface area contributed by atoms with E-state index in [0.717, 1.165) is 11.6 Å². The quantitative estimate of drug-likeness (QED) is 0.398. The van der Waals surface area contributed by atoms with E-state index in [4.69, 9.17) is 9.84 Å². The number of alkyl halides is 3. The van der Waals surface area contributed by atoms with Crippen molar-refractivity contribution in [2.45, 2.75) is 32.9 Å². The summed E-state index contributed by atoms with van der Waals surface area (Å²) >= 11 is 0.